The molecule has 0 aliphatic carbocycles. The molecule has 162 valence electrons. The maximum Gasteiger partial charge on any atom is 0.344 e. The summed E-state index contributed by atoms with van der Waals surface area (Å²) in [7, 11) is -4.00. The maximum atomic E-state index is 13.6. The number of hydrogen-bond donors (Lipinski definition) is 0. The molecule has 0 radical (unpaired) electrons. The zero-order valence-electron chi connectivity index (χ0n) is 17.9. The highest BCUT2D eigenvalue weighted by Gasteiger charge is 2.32. The third-order valence-electron chi connectivity index (χ3n) is 5.01. The molecule has 3 aromatic carbocycles. The quantitative estimate of drug-likeness (QED) is 0.410. The Morgan fingerprint density at radius 2 is 1.53 bits per heavy atom. The summed E-state index contributed by atoms with van der Waals surface area (Å²) in [6.45, 7) is 5.33. The van der Waals surface area contributed by atoms with Crippen LogP contribution in [0.25, 0.3) is 5.69 Å². The van der Waals surface area contributed by atoms with Crippen LogP contribution in [0.3, 0.4) is 0 Å². The third kappa shape index (κ3) is 4.07. The van der Waals surface area contributed by atoms with E-state index in [0.29, 0.717) is 11.3 Å². The minimum Gasteiger partial charge on any atom is -0.402 e. The fraction of sp³-hybridized carbons (Fsp3) is 0.120. The van der Waals surface area contributed by atoms with E-state index in [1.807, 2.05) is 26.0 Å². The van der Waals surface area contributed by atoms with Crippen LogP contribution in [0.4, 0.5) is 0 Å². The normalized spacial score (nSPS) is 11.3. The molecule has 0 aliphatic heterocycles. The lowest BCUT2D eigenvalue weighted by molar-refractivity contribution is 0.0718. The third-order valence-corrected chi connectivity index (χ3v) is 6.91. The molecule has 32 heavy (non-hydrogen) atoms. The van der Waals surface area contributed by atoms with E-state index in [0.717, 1.165) is 11.1 Å². The van der Waals surface area contributed by atoms with Gasteiger partial charge in [-0.25, -0.2) is 13.2 Å². The van der Waals surface area contributed by atoms with Gasteiger partial charge in [-0.3, -0.25) is 0 Å². The van der Waals surface area contributed by atoms with E-state index in [4.69, 9.17) is 4.74 Å². The Hall–Kier alpha value is -3.71. The Balaban J connectivity index is 1.89. The minimum absolute atomic E-state index is 0.103. The molecule has 0 unspecified atom stereocenters. The van der Waals surface area contributed by atoms with E-state index in [2.05, 4.69) is 5.10 Å². The van der Waals surface area contributed by atoms with Gasteiger partial charge in [-0.05, 0) is 57.2 Å². The van der Waals surface area contributed by atoms with Gasteiger partial charge in [0.25, 0.3) is 0 Å². The van der Waals surface area contributed by atoms with Crippen molar-refractivity contribution in [2.75, 3.05) is 0 Å². The van der Waals surface area contributed by atoms with Crippen molar-refractivity contribution in [2.45, 2.75) is 30.6 Å². The molecule has 0 aliphatic rings. The Labute approximate surface area is 187 Å². The number of esters is 1. The molecule has 0 saturated heterocycles. The van der Waals surface area contributed by atoms with E-state index in [1.54, 1.807) is 61.5 Å². The monoisotopic (exact) mass is 446 g/mol. The van der Waals surface area contributed by atoms with Crippen LogP contribution in [0, 0.1) is 20.8 Å². The molecule has 0 N–H and O–H groups in total. The number of rotatable bonds is 5. The molecule has 0 bridgehead atoms. The molecular weight excluding hydrogens is 424 g/mol. The largest absolute Gasteiger partial charge is 0.402 e. The predicted octanol–water partition coefficient (Wildman–Crippen LogP) is 4.85. The van der Waals surface area contributed by atoms with Crippen LogP contribution < -0.4 is 4.74 Å². The zero-order valence-corrected chi connectivity index (χ0v) is 18.8. The number of hydrogen-bond acceptors (Lipinski definition) is 5. The van der Waals surface area contributed by atoms with E-state index in [1.165, 1.54) is 16.8 Å². The highest BCUT2D eigenvalue weighted by Crippen LogP contribution is 2.35. The molecule has 4 rings (SSSR count). The number of nitrogens with zero attached hydrogens (tertiary/aromatic N) is 2. The summed E-state index contributed by atoms with van der Waals surface area (Å²) < 4.78 is 34.2. The van der Waals surface area contributed by atoms with Crippen LogP contribution in [0.15, 0.2) is 88.7 Å². The fourth-order valence-electron chi connectivity index (χ4n) is 3.39. The van der Waals surface area contributed by atoms with Gasteiger partial charge in [0.1, 0.15) is 0 Å². The number of sulfone groups is 1. The lowest BCUT2D eigenvalue weighted by atomic mass is 10.1. The molecule has 6 nitrogen and oxygen atoms in total. The lowest BCUT2D eigenvalue weighted by Gasteiger charge is -2.11. The summed E-state index contributed by atoms with van der Waals surface area (Å²) in [5.41, 5.74) is 2.96. The maximum absolute atomic E-state index is 13.6. The van der Waals surface area contributed by atoms with Gasteiger partial charge in [-0.1, -0.05) is 53.6 Å². The van der Waals surface area contributed by atoms with E-state index >= 15 is 0 Å². The predicted molar refractivity (Wildman–Crippen MR) is 121 cm³/mol. The van der Waals surface area contributed by atoms with Gasteiger partial charge in [-0.2, -0.15) is 9.78 Å². The first-order chi connectivity index (χ1) is 15.3. The van der Waals surface area contributed by atoms with E-state index in [-0.39, 0.29) is 21.4 Å². The molecule has 0 atom stereocenters. The van der Waals surface area contributed by atoms with Gasteiger partial charge in [0, 0.05) is 0 Å². The van der Waals surface area contributed by atoms with Crippen molar-refractivity contribution in [2.24, 2.45) is 0 Å². The van der Waals surface area contributed by atoms with Gasteiger partial charge in [0.2, 0.25) is 15.7 Å². The van der Waals surface area contributed by atoms with Crippen molar-refractivity contribution in [1.29, 1.82) is 0 Å². The summed E-state index contributed by atoms with van der Waals surface area (Å²) in [6, 6.07) is 22.4. The van der Waals surface area contributed by atoms with E-state index in [9.17, 15) is 13.2 Å². The molecule has 0 saturated carbocycles. The first kappa shape index (κ1) is 21.5. The van der Waals surface area contributed by atoms with Crippen LogP contribution >= 0.6 is 0 Å². The molecule has 0 fully saturated rings. The second kappa shape index (κ2) is 8.43. The number of ether oxygens (including phenoxy) is 1. The van der Waals surface area contributed by atoms with Gasteiger partial charge in [0.15, 0.2) is 4.90 Å². The van der Waals surface area contributed by atoms with Crippen molar-refractivity contribution >= 4 is 15.8 Å². The van der Waals surface area contributed by atoms with Crippen molar-refractivity contribution in [3.05, 3.63) is 101 Å². The standard InChI is InChI=1S/C25H22N2O4S/c1-17-12-14-22(15-13-17)32(29,30)23-19(3)26-27(21-10-5-4-6-11-21)24(23)31-25(28)20-9-7-8-18(2)16-20/h4-16H,1-3H3. The summed E-state index contributed by atoms with van der Waals surface area (Å²) in [5, 5.41) is 4.41. The molecule has 1 aromatic heterocycles. The number of aryl methyl sites for hydroxylation is 3. The molecule has 0 spiro atoms. The smallest absolute Gasteiger partial charge is 0.344 e. The number of carbonyl (C=O) groups is 1. The zero-order chi connectivity index (χ0) is 22.9. The number of para-hydroxylation sites is 1. The van der Waals surface area contributed by atoms with Gasteiger partial charge < -0.3 is 4.74 Å². The number of carbonyl (C=O) groups excluding carboxylic acids is 1. The summed E-state index contributed by atoms with van der Waals surface area (Å²) >= 11 is 0. The van der Waals surface area contributed by atoms with Crippen molar-refractivity contribution in [3.8, 4) is 11.6 Å². The highest BCUT2D eigenvalue weighted by molar-refractivity contribution is 7.91. The molecule has 1 heterocycles. The van der Waals surface area contributed by atoms with Crippen molar-refractivity contribution in [3.63, 3.8) is 0 Å². The first-order valence-corrected chi connectivity index (χ1v) is 11.5. The highest BCUT2D eigenvalue weighted by atomic mass is 32.2. The lowest BCUT2D eigenvalue weighted by Crippen LogP contribution is -2.14. The average Bonchev–Trinajstić information content (AvgIpc) is 3.11. The fourth-order valence-corrected chi connectivity index (χ4v) is 4.91. The van der Waals surface area contributed by atoms with Gasteiger partial charge in [0.05, 0.1) is 21.8 Å². The molecule has 0 amide bonds. The average molecular weight is 447 g/mol. The second-order valence-corrected chi connectivity index (χ2v) is 9.43. The summed E-state index contributed by atoms with van der Waals surface area (Å²) in [4.78, 5) is 12.9. The topological polar surface area (TPSA) is 78.3 Å². The van der Waals surface area contributed by atoms with Crippen LogP contribution in [-0.2, 0) is 9.84 Å². The minimum atomic E-state index is -4.00. The Bertz CT molecular complexity index is 1390. The van der Waals surface area contributed by atoms with Crippen LogP contribution in [0.2, 0.25) is 0 Å². The van der Waals surface area contributed by atoms with E-state index < -0.39 is 15.8 Å². The van der Waals surface area contributed by atoms with Gasteiger partial charge >= 0.3 is 5.97 Å². The van der Waals surface area contributed by atoms with Crippen LogP contribution in [0.5, 0.6) is 5.88 Å². The summed E-state index contributed by atoms with van der Waals surface area (Å²) in [6.07, 6.45) is 0. The SMILES string of the molecule is Cc1ccc(S(=O)(=O)c2c(C)nn(-c3ccccc3)c2OC(=O)c2cccc(C)c2)cc1. The molecule has 4 aromatic rings. The first-order valence-electron chi connectivity index (χ1n) is 10.0. The number of aromatic nitrogens is 2. The molecular formula is C25H22N2O4S. The second-order valence-electron chi connectivity index (χ2n) is 7.54. The Kier molecular flexibility index (Phi) is 5.67. The van der Waals surface area contributed by atoms with Crippen LogP contribution in [0.1, 0.15) is 27.2 Å². The Morgan fingerprint density at radius 3 is 2.19 bits per heavy atom. The Morgan fingerprint density at radius 1 is 0.844 bits per heavy atom. The van der Waals surface area contributed by atoms with Gasteiger partial charge in [-0.15, -0.1) is 0 Å². The van der Waals surface area contributed by atoms with Crippen molar-refractivity contribution < 1.29 is 17.9 Å². The van der Waals surface area contributed by atoms with Crippen molar-refractivity contribution in [1.82, 2.24) is 9.78 Å². The molecule has 7 heteroatoms. The van der Waals surface area contributed by atoms with Crippen LogP contribution in [-0.4, -0.2) is 24.2 Å². The number of benzene rings is 3. The summed E-state index contributed by atoms with van der Waals surface area (Å²) in [5.74, 6) is -0.799.